The number of aromatic amines is 1. The Morgan fingerprint density at radius 1 is 1.03 bits per heavy atom. The topological polar surface area (TPSA) is 94.2 Å². The van der Waals surface area contributed by atoms with Gasteiger partial charge in [0.15, 0.2) is 0 Å². The Morgan fingerprint density at radius 2 is 1.78 bits per heavy atom. The van der Waals surface area contributed by atoms with Crippen molar-refractivity contribution in [3.05, 3.63) is 42.6 Å². The molecule has 3 aromatic rings. The van der Waals surface area contributed by atoms with Crippen molar-refractivity contribution < 1.29 is 17.2 Å². The maximum Gasteiger partial charge on any atom is 0.282 e. The SMILES string of the molecule is CS(=O)(=O)Nc1ccc(-c2ncc(-c3cccc(N4CC(F)(F)C4)n3)[nH]2)c(N2CCC3(CC2)CC3)c1. The molecule has 6 rings (SSSR count). The van der Waals surface area contributed by atoms with Gasteiger partial charge < -0.3 is 14.8 Å². The number of halogens is 2. The monoisotopic (exact) mass is 514 g/mol. The van der Waals surface area contributed by atoms with E-state index in [1.807, 2.05) is 18.2 Å². The van der Waals surface area contributed by atoms with Gasteiger partial charge >= 0.3 is 0 Å². The van der Waals surface area contributed by atoms with Crippen LogP contribution < -0.4 is 14.5 Å². The van der Waals surface area contributed by atoms with Crippen molar-refractivity contribution in [2.24, 2.45) is 5.41 Å². The molecule has 2 aromatic heterocycles. The van der Waals surface area contributed by atoms with Crippen LogP contribution in [0.5, 0.6) is 0 Å². The number of piperidine rings is 1. The van der Waals surface area contributed by atoms with E-state index in [4.69, 9.17) is 0 Å². The van der Waals surface area contributed by atoms with Gasteiger partial charge in [-0.1, -0.05) is 6.07 Å². The van der Waals surface area contributed by atoms with Crippen molar-refractivity contribution in [1.29, 1.82) is 0 Å². The van der Waals surface area contributed by atoms with Crippen LogP contribution in [0.4, 0.5) is 26.0 Å². The van der Waals surface area contributed by atoms with Crippen molar-refractivity contribution >= 4 is 27.2 Å². The summed E-state index contributed by atoms with van der Waals surface area (Å²) in [6.07, 6.45) is 7.68. The van der Waals surface area contributed by atoms with Gasteiger partial charge in [-0.3, -0.25) is 4.72 Å². The summed E-state index contributed by atoms with van der Waals surface area (Å²) in [4.78, 5) is 16.4. The fraction of sp³-hybridized carbons (Fsp3) is 0.440. The lowest BCUT2D eigenvalue weighted by Gasteiger charge is -2.39. The van der Waals surface area contributed by atoms with E-state index >= 15 is 0 Å². The molecule has 1 spiro atoms. The summed E-state index contributed by atoms with van der Waals surface area (Å²) >= 11 is 0. The smallest absolute Gasteiger partial charge is 0.282 e. The first kappa shape index (κ1) is 23.2. The third kappa shape index (κ3) is 4.63. The number of benzene rings is 1. The molecule has 36 heavy (non-hydrogen) atoms. The number of pyridine rings is 1. The average Bonchev–Trinajstić information content (AvgIpc) is 3.37. The zero-order valence-electron chi connectivity index (χ0n) is 20.0. The second-order valence-electron chi connectivity index (χ2n) is 10.3. The number of alkyl halides is 2. The normalized spacial score (nSPS) is 20.3. The largest absolute Gasteiger partial charge is 0.371 e. The lowest BCUT2D eigenvalue weighted by atomic mass is 9.93. The van der Waals surface area contributed by atoms with Crippen LogP contribution in [0.3, 0.4) is 0 Å². The highest BCUT2D eigenvalue weighted by atomic mass is 32.2. The van der Waals surface area contributed by atoms with Crippen LogP contribution in [0.2, 0.25) is 0 Å². The van der Waals surface area contributed by atoms with Gasteiger partial charge in [0.25, 0.3) is 5.92 Å². The van der Waals surface area contributed by atoms with Crippen LogP contribution >= 0.6 is 0 Å². The Hall–Kier alpha value is -3.21. The van der Waals surface area contributed by atoms with Crippen LogP contribution in [-0.2, 0) is 10.0 Å². The summed E-state index contributed by atoms with van der Waals surface area (Å²) in [6.45, 7) is 1.16. The molecule has 4 heterocycles. The van der Waals surface area contributed by atoms with E-state index in [9.17, 15) is 17.2 Å². The molecule has 0 radical (unpaired) electrons. The summed E-state index contributed by atoms with van der Waals surface area (Å²) < 4.78 is 52.9. The van der Waals surface area contributed by atoms with Crippen LogP contribution in [0.25, 0.3) is 22.8 Å². The number of nitrogens with zero attached hydrogens (tertiary/aromatic N) is 4. The van der Waals surface area contributed by atoms with Gasteiger partial charge in [0, 0.05) is 24.3 Å². The van der Waals surface area contributed by atoms with E-state index < -0.39 is 15.9 Å². The summed E-state index contributed by atoms with van der Waals surface area (Å²) in [5, 5.41) is 0. The Kier molecular flexibility index (Phi) is 5.26. The van der Waals surface area contributed by atoms with Crippen LogP contribution in [-0.4, -0.2) is 61.7 Å². The molecule has 2 aliphatic heterocycles. The highest BCUT2D eigenvalue weighted by Gasteiger charge is 2.45. The zero-order valence-corrected chi connectivity index (χ0v) is 20.8. The quantitative estimate of drug-likeness (QED) is 0.508. The molecule has 3 aliphatic rings. The molecule has 1 aromatic carbocycles. The number of hydrogen-bond acceptors (Lipinski definition) is 6. The minimum atomic E-state index is -3.41. The van der Waals surface area contributed by atoms with E-state index in [0.717, 1.165) is 43.4 Å². The highest BCUT2D eigenvalue weighted by molar-refractivity contribution is 7.92. The Bertz CT molecular complexity index is 1400. The highest BCUT2D eigenvalue weighted by Crippen LogP contribution is 2.54. The molecule has 1 aliphatic carbocycles. The van der Waals surface area contributed by atoms with Crippen molar-refractivity contribution in [3.63, 3.8) is 0 Å². The van der Waals surface area contributed by atoms with Gasteiger partial charge in [0.1, 0.15) is 11.6 Å². The van der Waals surface area contributed by atoms with Gasteiger partial charge in [-0.15, -0.1) is 0 Å². The number of H-pyrrole nitrogens is 1. The van der Waals surface area contributed by atoms with Gasteiger partial charge in [0.05, 0.1) is 42.6 Å². The first-order valence-electron chi connectivity index (χ1n) is 12.1. The minimum absolute atomic E-state index is 0.327. The van der Waals surface area contributed by atoms with Gasteiger partial charge in [-0.05, 0) is 61.4 Å². The summed E-state index contributed by atoms with van der Waals surface area (Å²) in [6, 6.07) is 10.8. The molecular formula is C25H28F2N6O2S. The van der Waals surface area contributed by atoms with E-state index in [0.29, 0.717) is 34.1 Å². The molecule has 2 saturated heterocycles. The van der Waals surface area contributed by atoms with E-state index in [-0.39, 0.29) is 13.1 Å². The number of aromatic nitrogens is 3. The van der Waals surface area contributed by atoms with E-state index in [1.54, 1.807) is 29.3 Å². The van der Waals surface area contributed by atoms with Gasteiger partial charge in [-0.25, -0.2) is 27.2 Å². The molecule has 11 heteroatoms. The second-order valence-corrected chi connectivity index (χ2v) is 12.1. The lowest BCUT2D eigenvalue weighted by Crippen LogP contribution is -2.56. The Labute approximate surface area is 208 Å². The van der Waals surface area contributed by atoms with E-state index in [2.05, 4.69) is 24.6 Å². The fourth-order valence-corrected chi connectivity index (χ4v) is 5.74. The molecule has 0 bridgehead atoms. The first-order chi connectivity index (χ1) is 17.1. The van der Waals surface area contributed by atoms with Crippen LogP contribution in [0, 0.1) is 5.41 Å². The molecule has 3 fully saturated rings. The average molecular weight is 515 g/mol. The summed E-state index contributed by atoms with van der Waals surface area (Å²) in [7, 11) is -3.41. The Morgan fingerprint density at radius 3 is 2.44 bits per heavy atom. The third-order valence-electron chi connectivity index (χ3n) is 7.43. The van der Waals surface area contributed by atoms with Crippen molar-refractivity contribution in [2.45, 2.75) is 31.6 Å². The molecule has 0 unspecified atom stereocenters. The fourth-order valence-electron chi connectivity index (χ4n) is 5.18. The molecule has 8 nitrogen and oxygen atoms in total. The standard InChI is InChI=1S/C25H28F2N6O2S/c1-36(34,35)31-17-5-6-18(21(13-17)32-11-9-24(7-8-24)10-12-32)23-28-14-20(30-23)19-3-2-4-22(29-19)33-15-25(26,27)16-33/h2-6,13-14,31H,7-12,15-16H2,1H3,(H,28,30). The maximum atomic E-state index is 13.3. The van der Waals surface area contributed by atoms with Gasteiger partial charge in [0.2, 0.25) is 10.0 Å². The lowest BCUT2D eigenvalue weighted by molar-refractivity contribution is -0.0266. The zero-order chi connectivity index (χ0) is 25.1. The number of sulfonamides is 1. The number of anilines is 3. The number of hydrogen-bond donors (Lipinski definition) is 2. The summed E-state index contributed by atoms with van der Waals surface area (Å²) in [5.74, 6) is -1.52. The van der Waals surface area contributed by atoms with Crippen molar-refractivity contribution in [2.75, 3.05) is 47.0 Å². The second kappa shape index (κ2) is 8.16. The maximum absolute atomic E-state index is 13.3. The third-order valence-corrected chi connectivity index (χ3v) is 8.04. The van der Waals surface area contributed by atoms with Crippen molar-refractivity contribution in [1.82, 2.24) is 15.0 Å². The molecule has 0 atom stereocenters. The number of rotatable bonds is 6. The molecule has 190 valence electrons. The number of imidazole rings is 1. The van der Waals surface area contributed by atoms with E-state index in [1.165, 1.54) is 12.8 Å². The van der Waals surface area contributed by atoms with Gasteiger partial charge in [-0.2, -0.15) is 0 Å². The first-order valence-corrected chi connectivity index (χ1v) is 14.0. The number of nitrogens with one attached hydrogen (secondary N) is 2. The Balaban J connectivity index is 1.31. The molecule has 0 amide bonds. The van der Waals surface area contributed by atoms with Crippen LogP contribution in [0.15, 0.2) is 42.6 Å². The molecular weight excluding hydrogens is 486 g/mol. The molecule has 1 saturated carbocycles. The van der Waals surface area contributed by atoms with Crippen LogP contribution in [0.1, 0.15) is 25.7 Å². The predicted molar refractivity (Wildman–Crippen MR) is 136 cm³/mol. The minimum Gasteiger partial charge on any atom is -0.371 e. The summed E-state index contributed by atoms with van der Waals surface area (Å²) in [5.41, 5.74) is 4.10. The van der Waals surface area contributed by atoms with Crippen molar-refractivity contribution in [3.8, 4) is 22.8 Å². The predicted octanol–water partition coefficient (Wildman–Crippen LogP) is 4.35. The molecule has 2 N–H and O–H groups in total.